The normalized spacial score (nSPS) is 17.6. The van der Waals surface area contributed by atoms with Crippen LogP contribution in [0.1, 0.15) is 29.5 Å². The van der Waals surface area contributed by atoms with Crippen LogP contribution in [-0.4, -0.2) is 18.8 Å². The maximum atomic E-state index is 9.47. The van der Waals surface area contributed by atoms with Gasteiger partial charge in [0, 0.05) is 11.0 Å². The summed E-state index contributed by atoms with van der Waals surface area (Å²) >= 11 is 0. The van der Waals surface area contributed by atoms with Crippen LogP contribution in [0.5, 0.6) is 5.75 Å². The molecule has 0 unspecified atom stereocenters. The van der Waals surface area contributed by atoms with Crippen LogP contribution in [0.4, 0.5) is 0 Å². The zero-order valence-corrected chi connectivity index (χ0v) is 9.63. The molecule has 82 valence electrons. The molecule has 0 aliphatic heterocycles. The van der Waals surface area contributed by atoms with E-state index in [1.807, 2.05) is 0 Å². The average Bonchev–Trinajstić information content (AvgIpc) is 2.97. The van der Waals surface area contributed by atoms with Gasteiger partial charge >= 0.3 is 0 Å². The number of aryl methyl sites for hydroxylation is 2. The fraction of sp³-hybridized carbons (Fsp3) is 0.538. The molecule has 1 aromatic rings. The predicted octanol–water partition coefficient (Wildman–Crippen LogP) is 2.34. The van der Waals surface area contributed by atoms with Gasteiger partial charge in [-0.25, -0.2) is 0 Å². The van der Waals surface area contributed by atoms with Crippen molar-refractivity contribution < 1.29 is 9.84 Å². The van der Waals surface area contributed by atoms with Crippen LogP contribution in [0, 0.1) is 13.8 Å². The van der Waals surface area contributed by atoms with Crippen molar-refractivity contribution in [2.45, 2.75) is 32.1 Å². The second-order valence-electron chi connectivity index (χ2n) is 4.60. The minimum Gasteiger partial charge on any atom is -0.496 e. The Morgan fingerprint density at radius 2 is 2.00 bits per heavy atom. The van der Waals surface area contributed by atoms with Gasteiger partial charge in [0.15, 0.2) is 0 Å². The lowest BCUT2D eigenvalue weighted by atomic mass is 9.90. The van der Waals surface area contributed by atoms with E-state index < -0.39 is 0 Å². The van der Waals surface area contributed by atoms with Gasteiger partial charge in [0.05, 0.1) is 13.7 Å². The van der Waals surface area contributed by atoms with Crippen molar-refractivity contribution in [3.05, 3.63) is 28.8 Å². The maximum Gasteiger partial charge on any atom is 0.123 e. The SMILES string of the molecule is COc1cc(C)cc(C)c1C1(CO)CC1. The molecule has 1 aliphatic rings. The molecule has 1 fully saturated rings. The van der Waals surface area contributed by atoms with Crippen LogP contribution >= 0.6 is 0 Å². The van der Waals surface area contributed by atoms with E-state index in [-0.39, 0.29) is 12.0 Å². The number of aliphatic hydroxyl groups is 1. The van der Waals surface area contributed by atoms with Crippen LogP contribution in [0.3, 0.4) is 0 Å². The Balaban J connectivity index is 2.54. The Morgan fingerprint density at radius 1 is 1.33 bits per heavy atom. The minimum atomic E-state index is -0.0108. The van der Waals surface area contributed by atoms with Crippen molar-refractivity contribution in [2.75, 3.05) is 13.7 Å². The van der Waals surface area contributed by atoms with Crippen LogP contribution < -0.4 is 4.74 Å². The largest absolute Gasteiger partial charge is 0.496 e. The molecule has 2 heteroatoms. The number of benzene rings is 1. The van der Waals surface area contributed by atoms with E-state index >= 15 is 0 Å². The maximum absolute atomic E-state index is 9.47. The van der Waals surface area contributed by atoms with E-state index in [0.717, 1.165) is 18.6 Å². The summed E-state index contributed by atoms with van der Waals surface area (Å²) in [6.45, 7) is 4.39. The molecule has 1 aliphatic carbocycles. The fourth-order valence-electron chi connectivity index (χ4n) is 2.41. The number of aliphatic hydroxyl groups excluding tert-OH is 1. The van der Waals surface area contributed by atoms with E-state index in [4.69, 9.17) is 4.74 Å². The molecule has 0 saturated heterocycles. The molecule has 15 heavy (non-hydrogen) atoms. The van der Waals surface area contributed by atoms with Gasteiger partial charge in [-0.1, -0.05) is 6.07 Å². The summed E-state index contributed by atoms with van der Waals surface area (Å²) < 4.78 is 5.42. The number of methoxy groups -OCH3 is 1. The minimum absolute atomic E-state index is 0.0108. The third kappa shape index (κ3) is 1.63. The lowest BCUT2D eigenvalue weighted by Crippen LogP contribution is -2.15. The van der Waals surface area contributed by atoms with Crippen molar-refractivity contribution in [3.8, 4) is 5.75 Å². The van der Waals surface area contributed by atoms with Gasteiger partial charge in [-0.05, 0) is 43.9 Å². The molecule has 0 heterocycles. The molecule has 1 saturated carbocycles. The predicted molar refractivity (Wildman–Crippen MR) is 60.5 cm³/mol. The van der Waals surface area contributed by atoms with Gasteiger partial charge in [0.1, 0.15) is 5.75 Å². The second kappa shape index (κ2) is 3.53. The van der Waals surface area contributed by atoms with Gasteiger partial charge < -0.3 is 9.84 Å². The zero-order valence-electron chi connectivity index (χ0n) is 9.63. The summed E-state index contributed by atoms with van der Waals surface area (Å²) in [5, 5.41) is 9.47. The molecule has 0 radical (unpaired) electrons. The van der Waals surface area contributed by atoms with Gasteiger partial charge in [-0.2, -0.15) is 0 Å². The summed E-state index contributed by atoms with van der Waals surface area (Å²) in [6.07, 6.45) is 2.15. The van der Waals surface area contributed by atoms with Gasteiger partial charge in [0.25, 0.3) is 0 Å². The summed E-state index contributed by atoms with van der Waals surface area (Å²) in [5.74, 6) is 0.930. The monoisotopic (exact) mass is 206 g/mol. The highest BCUT2D eigenvalue weighted by Crippen LogP contribution is 2.52. The van der Waals surface area contributed by atoms with Crippen LogP contribution in [-0.2, 0) is 5.41 Å². The third-order valence-corrected chi connectivity index (χ3v) is 3.35. The van der Waals surface area contributed by atoms with Crippen LogP contribution in [0.2, 0.25) is 0 Å². The van der Waals surface area contributed by atoms with Gasteiger partial charge in [-0.3, -0.25) is 0 Å². The Bertz CT molecular complexity index is 378. The van der Waals surface area contributed by atoms with E-state index in [1.165, 1.54) is 16.7 Å². The van der Waals surface area contributed by atoms with E-state index in [2.05, 4.69) is 26.0 Å². The van der Waals surface area contributed by atoms with Crippen molar-refractivity contribution >= 4 is 0 Å². The molecular formula is C13H18O2. The lowest BCUT2D eigenvalue weighted by Gasteiger charge is -2.19. The van der Waals surface area contributed by atoms with Gasteiger partial charge in [-0.15, -0.1) is 0 Å². The summed E-state index contributed by atoms with van der Waals surface area (Å²) in [6, 6.07) is 4.21. The lowest BCUT2D eigenvalue weighted by molar-refractivity contribution is 0.251. The molecule has 0 bridgehead atoms. The highest BCUT2D eigenvalue weighted by molar-refractivity contribution is 5.50. The summed E-state index contributed by atoms with van der Waals surface area (Å²) in [7, 11) is 1.70. The third-order valence-electron chi connectivity index (χ3n) is 3.35. The van der Waals surface area contributed by atoms with E-state index in [9.17, 15) is 5.11 Å². The number of ether oxygens (including phenoxy) is 1. The number of hydrogen-bond acceptors (Lipinski definition) is 2. The second-order valence-corrected chi connectivity index (χ2v) is 4.60. The highest BCUT2D eigenvalue weighted by atomic mass is 16.5. The first-order valence-electron chi connectivity index (χ1n) is 5.39. The van der Waals surface area contributed by atoms with Crippen LogP contribution in [0.25, 0.3) is 0 Å². The van der Waals surface area contributed by atoms with Crippen LogP contribution in [0.15, 0.2) is 12.1 Å². The molecule has 0 aromatic heterocycles. The molecule has 0 spiro atoms. The smallest absolute Gasteiger partial charge is 0.123 e. The first kappa shape index (κ1) is 10.5. The summed E-state index contributed by atoms with van der Waals surface area (Å²) in [5.41, 5.74) is 3.64. The molecule has 2 rings (SSSR count). The first-order valence-corrected chi connectivity index (χ1v) is 5.39. The van der Waals surface area contributed by atoms with E-state index in [1.54, 1.807) is 7.11 Å². The number of rotatable bonds is 3. The topological polar surface area (TPSA) is 29.5 Å². The first-order chi connectivity index (χ1) is 7.13. The highest BCUT2D eigenvalue weighted by Gasteiger charge is 2.46. The standard InChI is InChI=1S/C13H18O2/c1-9-6-10(2)12(11(7-9)15-3)13(8-14)4-5-13/h6-7,14H,4-5,8H2,1-3H3. The van der Waals surface area contributed by atoms with Crippen molar-refractivity contribution in [1.29, 1.82) is 0 Å². The molecule has 1 N–H and O–H groups in total. The molecule has 2 nitrogen and oxygen atoms in total. The molecule has 0 amide bonds. The van der Waals surface area contributed by atoms with Gasteiger partial charge in [0.2, 0.25) is 0 Å². The average molecular weight is 206 g/mol. The zero-order chi connectivity index (χ0) is 11.1. The number of hydrogen-bond donors (Lipinski definition) is 1. The molecular weight excluding hydrogens is 188 g/mol. The Morgan fingerprint density at radius 3 is 2.47 bits per heavy atom. The Labute approximate surface area is 90.9 Å². The van der Waals surface area contributed by atoms with E-state index in [0.29, 0.717) is 0 Å². The van der Waals surface area contributed by atoms with Crippen molar-refractivity contribution in [2.24, 2.45) is 0 Å². The molecule has 1 aromatic carbocycles. The quantitative estimate of drug-likeness (QED) is 0.822. The fourth-order valence-corrected chi connectivity index (χ4v) is 2.41. The Hall–Kier alpha value is -1.02. The molecule has 0 atom stereocenters. The summed E-state index contributed by atoms with van der Waals surface area (Å²) in [4.78, 5) is 0. The van der Waals surface area contributed by atoms with Crippen molar-refractivity contribution in [3.63, 3.8) is 0 Å². The Kier molecular flexibility index (Phi) is 2.47. The van der Waals surface area contributed by atoms with Crippen molar-refractivity contribution in [1.82, 2.24) is 0 Å².